The summed E-state index contributed by atoms with van der Waals surface area (Å²) >= 11 is 5.23. The van der Waals surface area contributed by atoms with Gasteiger partial charge in [-0.15, -0.1) is 11.3 Å². The molecule has 0 aliphatic rings. The standard InChI is InChI=1S/C12H13BrN2S/c1-8-3-4-10(7-14-8)15-9(2)11-5-6-12(13)16-11/h3-7,9,15H,1-2H3. The van der Waals surface area contributed by atoms with Gasteiger partial charge in [-0.2, -0.15) is 0 Å². The first-order valence-electron chi connectivity index (χ1n) is 5.09. The molecular formula is C12H13BrN2S. The van der Waals surface area contributed by atoms with Crippen LogP contribution in [0.3, 0.4) is 0 Å². The zero-order valence-corrected chi connectivity index (χ0v) is 11.6. The van der Waals surface area contributed by atoms with Gasteiger partial charge in [0.1, 0.15) is 0 Å². The van der Waals surface area contributed by atoms with Crippen molar-refractivity contribution in [3.05, 3.63) is 44.8 Å². The highest BCUT2D eigenvalue weighted by Crippen LogP contribution is 2.29. The lowest BCUT2D eigenvalue weighted by Gasteiger charge is -2.13. The lowest BCUT2D eigenvalue weighted by Crippen LogP contribution is -2.04. The highest BCUT2D eigenvalue weighted by Gasteiger charge is 2.07. The lowest BCUT2D eigenvalue weighted by molar-refractivity contribution is 0.905. The van der Waals surface area contributed by atoms with E-state index >= 15 is 0 Å². The van der Waals surface area contributed by atoms with E-state index in [1.54, 1.807) is 11.3 Å². The summed E-state index contributed by atoms with van der Waals surface area (Å²) in [4.78, 5) is 5.58. The summed E-state index contributed by atoms with van der Waals surface area (Å²) in [7, 11) is 0. The van der Waals surface area contributed by atoms with Crippen molar-refractivity contribution in [2.45, 2.75) is 19.9 Å². The third-order valence-corrected chi connectivity index (χ3v) is 4.12. The molecule has 2 nitrogen and oxygen atoms in total. The molecule has 0 aliphatic heterocycles. The third-order valence-electron chi connectivity index (χ3n) is 2.32. The van der Waals surface area contributed by atoms with Gasteiger partial charge in [0.15, 0.2) is 0 Å². The van der Waals surface area contributed by atoms with Gasteiger partial charge in [0.05, 0.1) is 21.7 Å². The zero-order chi connectivity index (χ0) is 11.5. The highest BCUT2D eigenvalue weighted by molar-refractivity contribution is 9.11. The van der Waals surface area contributed by atoms with E-state index < -0.39 is 0 Å². The normalized spacial score (nSPS) is 12.4. The van der Waals surface area contributed by atoms with Crippen molar-refractivity contribution in [1.82, 2.24) is 4.98 Å². The maximum atomic E-state index is 4.26. The number of thiophene rings is 1. The molecule has 0 aliphatic carbocycles. The minimum atomic E-state index is 0.306. The largest absolute Gasteiger partial charge is 0.376 e. The van der Waals surface area contributed by atoms with E-state index in [9.17, 15) is 0 Å². The van der Waals surface area contributed by atoms with E-state index in [1.807, 2.05) is 19.2 Å². The molecule has 2 aromatic heterocycles. The highest BCUT2D eigenvalue weighted by atomic mass is 79.9. The van der Waals surface area contributed by atoms with Gasteiger partial charge < -0.3 is 5.32 Å². The number of halogens is 1. The Morgan fingerprint density at radius 2 is 2.12 bits per heavy atom. The summed E-state index contributed by atoms with van der Waals surface area (Å²) in [6.45, 7) is 4.14. The second-order valence-corrected chi connectivity index (χ2v) is 6.19. The number of rotatable bonds is 3. The molecule has 0 fully saturated rings. The molecule has 84 valence electrons. The summed E-state index contributed by atoms with van der Waals surface area (Å²) < 4.78 is 1.16. The molecule has 4 heteroatoms. The van der Waals surface area contributed by atoms with Gasteiger partial charge in [-0.25, -0.2) is 0 Å². The smallest absolute Gasteiger partial charge is 0.0702 e. The van der Waals surface area contributed by atoms with Crippen LogP contribution in [0.1, 0.15) is 23.5 Å². The fourth-order valence-electron chi connectivity index (χ4n) is 1.44. The van der Waals surface area contributed by atoms with E-state index in [0.29, 0.717) is 6.04 Å². The second-order valence-electron chi connectivity index (χ2n) is 3.70. The monoisotopic (exact) mass is 296 g/mol. The number of pyridine rings is 1. The van der Waals surface area contributed by atoms with Gasteiger partial charge in [0, 0.05) is 10.6 Å². The molecule has 1 N–H and O–H groups in total. The maximum Gasteiger partial charge on any atom is 0.0702 e. The molecule has 1 unspecified atom stereocenters. The van der Waals surface area contributed by atoms with Crippen molar-refractivity contribution in [2.75, 3.05) is 5.32 Å². The average molecular weight is 297 g/mol. The molecule has 0 bridgehead atoms. The van der Waals surface area contributed by atoms with Crippen LogP contribution in [0.25, 0.3) is 0 Å². The molecule has 1 atom stereocenters. The van der Waals surface area contributed by atoms with Crippen molar-refractivity contribution in [1.29, 1.82) is 0 Å². The molecular weight excluding hydrogens is 284 g/mol. The van der Waals surface area contributed by atoms with Crippen molar-refractivity contribution in [3.63, 3.8) is 0 Å². The van der Waals surface area contributed by atoms with Gasteiger partial charge >= 0.3 is 0 Å². The molecule has 0 aromatic carbocycles. The summed E-state index contributed by atoms with van der Waals surface area (Å²) in [6, 6.07) is 8.58. The van der Waals surface area contributed by atoms with Crippen LogP contribution in [0.2, 0.25) is 0 Å². The van der Waals surface area contributed by atoms with Gasteiger partial charge in [-0.05, 0) is 54.0 Å². The summed E-state index contributed by atoms with van der Waals surface area (Å²) in [5.41, 5.74) is 2.10. The number of nitrogens with zero attached hydrogens (tertiary/aromatic N) is 1. The van der Waals surface area contributed by atoms with Crippen LogP contribution in [0, 0.1) is 6.92 Å². The van der Waals surface area contributed by atoms with E-state index in [1.165, 1.54) is 4.88 Å². The van der Waals surface area contributed by atoms with Gasteiger partial charge in [-0.1, -0.05) is 0 Å². The minimum absolute atomic E-state index is 0.306. The fraction of sp³-hybridized carbons (Fsp3) is 0.250. The topological polar surface area (TPSA) is 24.9 Å². The Kier molecular flexibility index (Phi) is 3.61. The lowest BCUT2D eigenvalue weighted by atomic mass is 10.2. The Hall–Kier alpha value is -0.870. The van der Waals surface area contributed by atoms with Crippen LogP contribution in [0.15, 0.2) is 34.2 Å². The number of anilines is 1. The summed E-state index contributed by atoms with van der Waals surface area (Å²) in [6.07, 6.45) is 1.87. The Balaban J connectivity index is 2.07. The number of nitrogens with one attached hydrogen (secondary N) is 1. The SMILES string of the molecule is Cc1ccc(NC(C)c2ccc(Br)s2)cn1. The number of hydrogen-bond acceptors (Lipinski definition) is 3. The van der Waals surface area contributed by atoms with E-state index in [0.717, 1.165) is 15.2 Å². The Morgan fingerprint density at radius 3 is 2.69 bits per heavy atom. The van der Waals surface area contributed by atoms with E-state index in [4.69, 9.17) is 0 Å². The quantitative estimate of drug-likeness (QED) is 0.909. The molecule has 0 saturated carbocycles. The molecule has 2 heterocycles. The van der Waals surface area contributed by atoms with E-state index in [-0.39, 0.29) is 0 Å². The van der Waals surface area contributed by atoms with Crippen LogP contribution in [0.5, 0.6) is 0 Å². The predicted octanol–water partition coefficient (Wildman–Crippen LogP) is 4.39. The predicted molar refractivity (Wildman–Crippen MR) is 73.0 cm³/mol. The first-order valence-corrected chi connectivity index (χ1v) is 6.70. The van der Waals surface area contributed by atoms with Gasteiger partial charge in [-0.3, -0.25) is 4.98 Å². The third kappa shape index (κ3) is 2.83. The van der Waals surface area contributed by atoms with Crippen LogP contribution in [-0.4, -0.2) is 4.98 Å². The molecule has 0 saturated heterocycles. The first-order chi connectivity index (χ1) is 7.65. The maximum absolute atomic E-state index is 4.26. The van der Waals surface area contributed by atoms with Crippen molar-refractivity contribution in [3.8, 4) is 0 Å². The van der Waals surface area contributed by atoms with Crippen LogP contribution < -0.4 is 5.32 Å². The van der Waals surface area contributed by atoms with Crippen LogP contribution in [-0.2, 0) is 0 Å². The van der Waals surface area contributed by atoms with Crippen molar-refractivity contribution in [2.24, 2.45) is 0 Å². The second kappa shape index (κ2) is 4.97. The van der Waals surface area contributed by atoms with Gasteiger partial charge in [0.25, 0.3) is 0 Å². The molecule has 2 rings (SSSR count). The summed E-state index contributed by atoms with van der Waals surface area (Å²) in [5, 5.41) is 3.43. The summed E-state index contributed by atoms with van der Waals surface area (Å²) in [5.74, 6) is 0. The van der Waals surface area contributed by atoms with Crippen molar-refractivity contribution < 1.29 is 0 Å². The molecule has 0 amide bonds. The fourth-order valence-corrected chi connectivity index (χ4v) is 2.86. The van der Waals surface area contributed by atoms with Gasteiger partial charge in [0.2, 0.25) is 0 Å². The zero-order valence-electron chi connectivity index (χ0n) is 9.20. The van der Waals surface area contributed by atoms with Crippen molar-refractivity contribution >= 4 is 33.0 Å². The average Bonchev–Trinajstić information content (AvgIpc) is 2.68. The van der Waals surface area contributed by atoms with Crippen LogP contribution >= 0.6 is 27.3 Å². The molecule has 2 aromatic rings. The number of aryl methyl sites for hydroxylation is 1. The molecule has 16 heavy (non-hydrogen) atoms. The van der Waals surface area contributed by atoms with E-state index in [2.05, 4.69) is 51.4 Å². The number of aromatic nitrogens is 1. The number of hydrogen-bond donors (Lipinski definition) is 1. The minimum Gasteiger partial charge on any atom is -0.376 e. The Labute approximate surface area is 108 Å². The Bertz CT molecular complexity index is 464. The Morgan fingerprint density at radius 1 is 1.31 bits per heavy atom. The first kappa shape index (κ1) is 11.6. The van der Waals surface area contributed by atoms with Crippen LogP contribution in [0.4, 0.5) is 5.69 Å². The molecule has 0 radical (unpaired) electrons. The molecule has 0 spiro atoms.